The molecule has 2 heterocycles. The van der Waals surface area contributed by atoms with Crippen LogP contribution in [-0.4, -0.2) is 23.7 Å². The monoisotopic (exact) mass is 296 g/mol. The zero-order valence-electron chi connectivity index (χ0n) is 10.1. The Kier molecular flexibility index (Phi) is 2.67. The van der Waals surface area contributed by atoms with Gasteiger partial charge in [0.25, 0.3) is 0 Å². The normalized spacial score (nSPS) is 33.9. The van der Waals surface area contributed by atoms with E-state index in [4.69, 9.17) is 4.74 Å². The summed E-state index contributed by atoms with van der Waals surface area (Å²) >= 11 is 3.35. The maximum Gasteiger partial charge on any atom is 0.106 e. The molecule has 1 aliphatic carbocycles. The number of nitrogens with zero attached hydrogens (tertiary/aromatic N) is 1. The van der Waals surface area contributed by atoms with Crippen LogP contribution >= 0.6 is 15.9 Å². The molecule has 4 heteroatoms. The first-order valence-electron chi connectivity index (χ1n) is 6.09. The number of pyridine rings is 1. The average molecular weight is 297 g/mol. The van der Waals surface area contributed by atoms with Crippen molar-refractivity contribution in [2.24, 2.45) is 11.3 Å². The first kappa shape index (κ1) is 11.5. The molecule has 0 radical (unpaired) electrons. The van der Waals surface area contributed by atoms with E-state index < -0.39 is 0 Å². The number of hydrogen-bond donors (Lipinski definition) is 1. The number of hydrogen-bond acceptors (Lipinski definition) is 3. The van der Waals surface area contributed by atoms with Crippen molar-refractivity contribution in [2.45, 2.75) is 32.4 Å². The van der Waals surface area contributed by atoms with Crippen molar-refractivity contribution in [2.75, 3.05) is 11.9 Å². The van der Waals surface area contributed by atoms with Crippen molar-refractivity contribution in [3.63, 3.8) is 0 Å². The molecule has 3 rings (SSSR count). The highest BCUT2D eigenvalue weighted by Crippen LogP contribution is 2.53. The molecule has 3 nitrogen and oxygen atoms in total. The molecule has 17 heavy (non-hydrogen) atoms. The van der Waals surface area contributed by atoms with Gasteiger partial charge in [-0.25, -0.2) is 4.98 Å². The van der Waals surface area contributed by atoms with Crippen LogP contribution in [0.4, 0.5) is 5.69 Å². The number of rotatable bonds is 2. The lowest BCUT2D eigenvalue weighted by Gasteiger charge is -2.55. The molecule has 92 valence electrons. The number of ether oxygens (including phenoxy) is 1. The van der Waals surface area contributed by atoms with Crippen LogP contribution in [0.15, 0.2) is 22.9 Å². The van der Waals surface area contributed by atoms with Gasteiger partial charge >= 0.3 is 0 Å². The number of fused-ring (bicyclic) bond motifs is 1. The van der Waals surface area contributed by atoms with Gasteiger partial charge in [-0.2, -0.15) is 0 Å². The summed E-state index contributed by atoms with van der Waals surface area (Å²) in [4.78, 5) is 4.25. The lowest BCUT2D eigenvalue weighted by molar-refractivity contribution is -0.0923. The largest absolute Gasteiger partial charge is 0.380 e. The standard InChI is InChI=1S/C13H17BrN2O/c1-13(2)11(9-5-6-17-12(9)13)16-8-3-4-10(14)15-7-8/h3-4,7,9,11-12,16H,5-6H2,1-2H3. The molecule has 0 aromatic carbocycles. The Labute approximate surface area is 110 Å². The minimum atomic E-state index is 0.217. The van der Waals surface area contributed by atoms with Gasteiger partial charge in [0.05, 0.1) is 18.0 Å². The van der Waals surface area contributed by atoms with Crippen molar-refractivity contribution in [1.82, 2.24) is 4.98 Å². The predicted octanol–water partition coefficient (Wildman–Crippen LogP) is 3.07. The van der Waals surface area contributed by atoms with E-state index >= 15 is 0 Å². The van der Waals surface area contributed by atoms with Gasteiger partial charge in [0.2, 0.25) is 0 Å². The highest BCUT2D eigenvalue weighted by Gasteiger charge is 2.59. The molecule has 1 saturated heterocycles. The van der Waals surface area contributed by atoms with Crippen LogP contribution in [0.25, 0.3) is 0 Å². The van der Waals surface area contributed by atoms with Crippen molar-refractivity contribution in [1.29, 1.82) is 0 Å². The van der Waals surface area contributed by atoms with Crippen LogP contribution in [0.3, 0.4) is 0 Å². The Morgan fingerprint density at radius 2 is 2.29 bits per heavy atom. The van der Waals surface area contributed by atoms with Crippen molar-refractivity contribution in [3.05, 3.63) is 22.9 Å². The highest BCUT2D eigenvalue weighted by atomic mass is 79.9. The molecule has 2 fully saturated rings. The smallest absolute Gasteiger partial charge is 0.106 e. The Balaban J connectivity index is 1.75. The molecule has 1 aromatic heterocycles. The second-order valence-corrected chi connectivity index (χ2v) is 6.37. The van der Waals surface area contributed by atoms with Gasteiger partial charge in [0, 0.05) is 24.0 Å². The fraction of sp³-hybridized carbons (Fsp3) is 0.615. The summed E-state index contributed by atoms with van der Waals surface area (Å²) in [5, 5.41) is 3.60. The predicted molar refractivity (Wildman–Crippen MR) is 71.0 cm³/mol. The van der Waals surface area contributed by atoms with Crippen LogP contribution < -0.4 is 5.32 Å². The third kappa shape index (κ3) is 1.78. The van der Waals surface area contributed by atoms with Crippen LogP contribution in [-0.2, 0) is 4.74 Å². The minimum absolute atomic E-state index is 0.217. The van der Waals surface area contributed by atoms with Gasteiger partial charge in [-0.1, -0.05) is 13.8 Å². The van der Waals surface area contributed by atoms with Gasteiger partial charge in [-0.3, -0.25) is 0 Å². The maximum absolute atomic E-state index is 5.79. The molecular formula is C13H17BrN2O. The second kappa shape index (κ2) is 3.95. The summed E-state index contributed by atoms with van der Waals surface area (Å²) in [5.41, 5.74) is 1.31. The molecule has 0 bridgehead atoms. The van der Waals surface area contributed by atoms with Crippen molar-refractivity contribution < 1.29 is 4.74 Å². The Bertz CT molecular complexity index is 418. The third-order valence-corrected chi connectivity index (χ3v) is 4.62. The van der Waals surface area contributed by atoms with Crippen LogP contribution in [0, 0.1) is 11.3 Å². The first-order chi connectivity index (χ1) is 8.09. The summed E-state index contributed by atoms with van der Waals surface area (Å²) in [6.07, 6.45) is 3.49. The second-order valence-electron chi connectivity index (χ2n) is 5.56. The fourth-order valence-corrected chi connectivity index (χ4v) is 3.49. The molecular weight excluding hydrogens is 280 g/mol. The molecule has 1 N–H and O–H groups in total. The quantitative estimate of drug-likeness (QED) is 0.852. The van der Waals surface area contributed by atoms with Gasteiger partial charge in [0.15, 0.2) is 0 Å². The van der Waals surface area contributed by atoms with Gasteiger partial charge in [-0.15, -0.1) is 0 Å². The van der Waals surface area contributed by atoms with E-state index in [1.165, 1.54) is 6.42 Å². The third-order valence-electron chi connectivity index (χ3n) is 4.15. The zero-order valence-corrected chi connectivity index (χ0v) is 11.7. The maximum atomic E-state index is 5.79. The molecule has 0 amide bonds. The zero-order chi connectivity index (χ0) is 12.0. The van der Waals surface area contributed by atoms with E-state index in [1.807, 2.05) is 12.3 Å². The topological polar surface area (TPSA) is 34.2 Å². The van der Waals surface area contributed by atoms with Gasteiger partial charge in [-0.05, 0) is 34.5 Å². The fourth-order valence-electron chi connectivity index (χ4n) is 3.26. The van der Waals surface area contributed by atoms with E-state index in [9.17, 15) is 0 Å². The minimum Gasteiger partial charge on any atom is -0.380 e. The number of halogens is 1. The van der Waals surface area contributed by atoms with Crippen LogP contribution in [0.1, 0.15) is 20.3 Å². The Morgan fingerprint density at radius 1 is 1.47 bits per heavy atom. The van der Waals surface area contributed by atoms with Gasteiger partial charge in [0.1, 0.15) is 4.60 Å². The Hall–Kier alpha value is -0.610. The molecule has 1 saturated carbocycles. The van der Waals surface area contributed by atoms with E-state index in [2.05, 4.69) is 46.1 Å². The summed E-state index contributed by atoms with van der Waals surface area (Å²) in [6.45, 7) is 5.47. The van der Waals surface area contributed by atoms with E-state index in [1.54, 1.807) is 0 Å². The molecule has 1 aliphatic heterocycles. The van der Waals surface area contributed by atoms with Crippen LogP contribution in [0.2, 0.25) is 0 Å². The molecule has 1 aromatic rings. The number of nitrogens with one attached hydrogen (secondary N) is 1. The molecule has 2 aliphatic rings. The first-order valence-corrected chi connectivity index (χ1v) is 6.88. The summed E-state index contributed by atoms with van der Waals surface area (Å²) in [7, 11) is 0. The summed E-state index contributed by atoms with van der Waals surface area (Å²) in [6, 6.07) is 4.53. The lowest BCUT2D eigenvalue weighted by Crippen LogP contribution is -2.63. The lowest BCUT2D eigenvalue weighted by atomic mass is 9.57. The van der Waals surface area contributed by atoms with Crippen molar-refractivity contribution in [3.8, 4) is 0 Å². The molecule has 3 atom stereocenters. The van der Waals surface area contributed by atoms with E-state index in [0.717, 1.165) is 16.9 Å². The number of anilines is 1. The highest BCUT2D eigenvalue weighted by molar-refractivity contribution is 9.10. The average Bonchev–Trinajstić information content (AvgIpc) is 2.75. The SMILES string of the molecule is CC1(C)C(Nc2ccc(Br)nc2)C2CCOC21. The van der Waals surface area contributed by atoms with Crippen LogP contribution in [0.5, 0.6) is 0 Å². The molecule has 0 spiro atoms. The van der Waals surface area contributed by atoms with Gasteiger partial charge < -0.3 is 10.1 Å². The summed E-state index contributed by atoms with van der Waals surface area (Å²) in [5.74, 6) is 0.661. The number of aromatic nitrogens is 1. The van der Waals surface area contributed by atoms with E-state index in [0.29, 0.717) is 18.1 Å². The van der Waals surface area contributed by atoms with E-state index in [-0.39, 0.29) is 5.41 Å². The Morgan fingerprint density at radius 3 is 3.00 bits per heavy atom. The summed E-state index contributed by atoms with van der Waals surface area (Å²) < 4.78 is 6.66. The van der Waals surface area contributed by atoms with Crippen molar-refractivity contribution >= 4 is 21.6 Å². The molecule has 3 unspecified atom stereocenters.